The first kappa shape index (κ1) is 21.5. The van der Waals surface area contributed by atoms with E-state index in [4.69, 9.17) is 4.74 Å². The number of likely N-dealkylation sites (tertiary alicyclic amines) is 1. The molecule has 0 radical (unpaired) electrons. The Kier molecular flexibility index (Phi) is 6.36. The van der Waals surface area contributed by atoms with Gasteiger partial charge in [-0.3, -0.25) is 9.52 Å². The second kappa shape index (κ2) is 9.18. The number of methoxy groups -OCH3 is 1. The van der Waals surface area contributed by atoms with Gasteiger partial charge in [0.2, 0.25) is 0 Å². The Labute approximate surface area is 184 Å². The maximum absolute atomic E-state index is 13.0. The van der Waals surface area contributed by atoms with Gasteiger partial charge in [0.25, 0.3) is 15.9 Å². The summed E-state index contributed by atoms with van der Waals surface area (Å²) < 4.78 is 34.0. The third-order valence-corrected chi connectivity index (χ3v) is 7.32. The number of ether oxygens (including phenoxy) is 1. The van der Waals surface area contributed by atoms with E-state index >= 15 is 0 Å². The molecule has 2 aliphatic heterocycles. The fourth-order valence-electron chi connectivity index (χ4n) is 4.22. The van der Waals surface area contributed by atoms with E-state index < -0.39 is 10.0 Å². The van der Waals surface area contributed by atoms with Crippen LogP contribution in [0, 0.1) is 0 Å². The van der Waals surface area contributed by atoms with Crippen molar-refractivity contribution in [2.75, 3.05) is 42.9 Å². The third kappa shape index (κ3) is 4.79. The van der Waals surface area contributed by atoms with Gasteiger partial charge in [-0.05, 0) is 74.6 Å². The zero-order valence-electron chi connectivity index (χ0n) is 17.8. The molecule has 1 amide bonds. The number of rotatable bonds is 6. The average Bonchev–Trinajstić information content (AvgIpc) is 3.34. The van der Waals surface area contributed by atoms with Gasteiger partial charge in [0.05, 0.1) is 17.6 Å². The fourth-order valence-corrected chi connectivity index (χ4v) is 5.30. The molecule has 0 bridgehead atoms. The molecular formula is C23H29N3O4S. The van der Waals surface area contributed by atoms with Crippen LogP contribution in [0.5, 0.6) is 5.75 Å². The van der Waals surface area contributed by atoms with Gasteiger partial charge in [0.15, 0.2) is 0 Å². The predicted octanol–water partition coefficient (Wildman–Crippen LogP) is 3.72. The SMILES string of the molecule is COc1ccc(S(=O)(=O)Nc2ccc(N3CCCC3)cc2)cc1C(=O)N1CCCCC1. The lowest BCUT2D eigenvalue weighted by Crippen LogP contribution is -2.35. The van der Waals surface area contributed by atoms with Crippen molar-refractivity contribution in [3.8, 4) is 5.75 Å². The minimum absolute atomic E-state index is 0.0391. The van der Waals surface area contributed by atoms with Crippen LogP contribution < -0.4 is 14.4 Å². The van der Waals surface area contributed by atoms with Gasteiger partial charge >= 0.3 is 0 Å². The lowest BCUT2D eigenvalue weighted by atomic mass is 10.1. The highest BCUT2D eigenvalue weighted by Crippen LogP contribution is 2.27. The Morgan fingerprint density at radius 3 is 2.19 bits per heavy atom. The van der Waals surface area contributed by atoms with Crippen LogP contribution >= 0.6 is 0 Å². The largest absolute Gasteiger partial charge is 0.496 e. The Balaban J connectivity index is 1.55. The molecule has 2 aliphatic rings. The molecule has 0 unspecified atom stereocenters. The highest BCUT2D eigenvalue weighted by atomic mass is 32.2. The Morgan fingerprint density at radius 2 is 1.55 bits per heavy atom. The second-order valence-corrected chi connectivity index (χ2v) is 9.74. The number of carbonyl (C=O) groups excluding carboxylic acids is 1. The fraction of sp³-hybridized carbons (Fsp3) is 0.435. The molecule has 2 aromatic rings. The van der Waals surface area contributed by atoms with Crippen molar-refractivity contribution in [3.63, 3.8) is 0 Å². The molecule has 0 aromatic heterocycles. The standard InChI is InChI=1S/C23H29N3O4S/c1-30-22-12-11-20(17-21(22)23(27)26-15-3-2-4-16-26)31(28,29)24-18-7-9-19(10-8-18)25-13-5-6-14-25/h7-12,17,24H,2-6,13-16H2,1H3. The number of piperidine rings is 1. The minimum Gasteiger partial charge on any atom is -0.496 e. The highest BCUT2D eigenvalue weighted by Gasteiger charge is 2.24. The van der Waals surface area contributed by atoms with E-state index in [1.54, 1.807) is 23.1 Å². The van der Waals surface area contributed by atoms with E-state index in [0.29, 0.717) is 24.5 Å². The molecule has 2 fully saturated rings. The summed E-state index contributed by atoms with van der Waals surface area (Å²) in [5.74, 6) is 0.188. The predicted molar refractivity (Wildman–Crippen MR) is 121 cm³/mol. The van der Waals surface area contributed by atoms with Gasteiger partial charge in [-0.1, -0.05) is 0 Å². The number of nitrogens with one attached hydrogen (secondary N) is 1. The summed E-state index contributed by atoms with van der Waals surface area (Å²) in [6.07, 6.45) is 5.40. The number of amides is 1. The lowest BCUT2D eigenvalue weighted by molar-refractivity contribution is 0.0720. The molecule has 2 aromatic carbocycles. The first-order valence-corrected chi connectivity index (χ1v) is 12.3. The van der Waals surface area contributed by atoms with E-state index in [1.807, 2.05) is 12.1 Å². The van der Waals surface area contributed by atoms with Crippen LogP contribution in [-0.2, 0) is 10.0 Å². The Morgan fingerprint density at radius 1 is 0.903 bits per heavy atom. The summed E-state index contributed by atoms with van der Waals surface area (Å²) in [6, 6.07) is 11.8. The van der Waals surface area contributed by atoms with Crippen molar-refractivity contribution in [2.45, 2.75) is 37.0 Å². The minimum atomic E-state index is -3.85. The van der Waals surface area contributed by atoms with Crippen molar-refractivity contribution in [2.24, 2.45) is 0 Å². The second-order valence-electron chi connectivity index (χ2n) is 8.06. The van der Waals surface area contributed by atoms with Crippen molar-refractivity contribution >= 4 is 27.3 Å². The molecule has 0 saturated carbocycles. The summed E-state index contributed by atoms with van der Waals surface area (Å²) >= 11 is 0. The topological polar surface area (TPSA) is 79.0 Å². The smallest absolute Gasteiger partial charge is 0.261 e. The van der Waals surface area contributed by atoms with Gasteiger partial charge in [0, 0.05) is 37.6 Å². The third-order valence-electron chi connectivity index (χ3n) is 5.95. The molecule has 2 saturated heterocycles. The number of hydrogen-bond donors (Lipinski definition) is 1. The molecule has 31 heavy (non-hydrogen) atoms. The zero-order chi connectivity index (χ0) is 21.8. The Bertz CT molecular complexity index is 1030. The lowest BCUT2D eigenvalue weighted by Gasteiger charge is -2.27. The number of hydrogen-bond acceptors (Lipinski definition) is 5. The molecule has 1 N–H and O–H groups in total. The molecule has 4 rings (SSSR count). The summed E-state index contributed by atoms with van der Waals surface area (Å²) in [7, 11) is -2.36. The van der Waals surface area contributed by atoms with Crippen LogP contribution in [0.4, 0.5) is 11.4 Å². The van der Waals surface area contributed by atoms with Crippen molar-refractivity contribution in [1.82, 2.24) is 4.90 Å². The normalized spacial score (nSPS) is 16.9. The maximum Gasteiger partial charge on any atom is 0.261 e. The van der Waals surface area contributed by atoms with Gasteiger partial charge in [-0.25, -0.2) is 8.42 Å². The van der Waals surface area contributed by atoms with Crippen molar-refractivity contribution < 1.29 is 17.9 Å². The summed E-state index contributed by atoms with van der Waals surface area (Å²) in [5.41, 5.74) is 1.86. The van der Waals surface area contributed by atoms with E-state index in [0.717, 1.165) is 38.0 Å². The van der Waals surface area contributed by atoms with Crippen LogP contribution in [0.15, 0.2) is 47.4 Å². The Hall–Kier alpha value is -2.74. The van der Waals surface area contributed by atoms with Crippen LogP contribution in [0.1, 0.15) is 42.5 Å². The van der Waals surface area contributed by atoms with Crippen LogP contribution in [0.2, 0.25) is 0 Å². The average molecular weight is 444 g/mol. The molecular weight excluding hydrogens is 414 g/mol. The summed E-state index contributed by atoms with van der Waals surface area (Å²) in [6.45, 7) is 3.43. The van der Waals surface area contributed by atoms with Gasteiger partial charge < -0.3 is 14.5 Å². The number of nitrogens with zero attached hydrogens (tertiary/aromatic N) is 2. The number of carbonyl (C=O) groups is 1. The van der Waals surface area contributed by atoms with Gasteiger partial charge in [-0.15, -0.1) is 0 Å². The summed E-state index contributed by atoms with van der Waals surface area (Å²) in [4.78, 5) is 17.1. The van der Waals surface area contributed by atoms with Crippen LogP contribution in [-0.4, -0.2) is 52.5 Å². The maximum atomic E-state index is 13.0. The molecule has 0 atom stereocenters. The van der Waals surface area contributed by atoms with E-state index in [2.05, 4.69) is 9.62 Å². The molecule has 0 spiro atoms. The van der Waals surface area contributed by atoms with E-state index in [-0.39, 0.29) is 16.4 Å². The molecule has 0 aliphatic carbocycles. The van der Waals surface area contributed by atoms with Crippen molar-refractivity contribution in [3.05, 3.63) is 48.0 Å². The number of anilines is 2. The molecule has 2 heterocycles. The molecule has 7 nitrogen and oxygen atoms in total. The monoisotopic (exact) mass is 443 g/mol. The first-order chi connectivity index (χ1) is 15.0. The van der Waals surface area contributed by atoms with Gasteiger partial charge in [-0.2, -0.15) is 0 Å². The number of sulfonamides is 1. The van der Waals surface area contributed by atoms with Crippen LogP contribution in [0.25, 0.3) is 0 Å². The highest BCUT2D eigenvalue weighted by molar-refractivity contribution is 7.92. The summed E-state index contributed by atoms with van der Waals surface area (Å²) in [5, 5.41) is 0. The molecule has 166 valence electrons. The zero-order valence-corrected chi connectivity index (χ0v) is 18.7. The first-order valence-electron chi connectivity index (χ1n) is 10.8. The van der Waals surface area contributed by atoms with Gasteiger partial charge in [0.1, 0.15) is 5.75 Å². The van der Waals surface area contributed by atoms with E-state index in [1.165, 1.54) is 32.1 Å². The van der Waals surface area contributed by atoms with Crippen molar-refractivity contribution in [1.29, 1.82) is 0 Å². The van der Waals surface area contributed by atoms with E-state index in [9.17, 15) is 13.2 Å². The number of benzene rings is 2. The quantitative estimate of drug-likeness (QED) is 0.736. The molecule has 8 heteroatoms. The van der Waals surface area contributed by atoms with Crippen LogP contribution in [0.3, 0.4) is 0 Å².